The molecule has 0 amide bonds. The Hall–Kier alpha value is -1.00. The van der Waals surface area contributed by atoms with E-state index in [1.807, 2.05) is 6.92 Å². The maximum Gasteiger partial charge on any atom is 0.133 e. The van der Waals surface area contributed by atoms with Crippen molar-refractivity contribution in [1.29, 1.82) is 0 Å². The highest BCUT2D eigenvalue weighted by molar-refractivity contribution is 5.30. The van der Waals surface area contributed by atoms with Gasteiger partial charge in [0.05, 0.1) is 6.10 Å². The molecule has 2 nitrogen and oxygen atoms in total. The Balaban J connectivity index is 2.40. The third-order valence-electron chi connectivity index (χ3n) is 4.15. The molecule has 0 radical (unpaired) electrons. The lowest BCUT2D eigenvalue weighted by Crippen LogP contribution is -2.34. The van der Waals surface area contributed by atoms with Crippen LogP contribution in [-0.2, 0) is 4.74 Å². The average Bonchev–Trinajstić information content (AvgIpc) is 2.90. The summed E-state index contributed by atoms with van der Waals surface area (Å²) in [6.45, 7) is 7.01. The van der Waals surface area contributed by atoms with Crippen molar-refractivity contribution < 1.29 is 13.5 Å². The molecule has 1 fully saturated rings. The Morgan fingerprint density at radius 2 is 2.10 bits per heavy atom. The van der Waals surface area contributed by atoms with Gasteiger partial charge < -0.3 is 10.1 Å². The third kappa shape index (κ3) is 2.86. The second-order valence-electron chi connectivity index (χ2n) is 5.40. The summed E-state index contributed by atoms with van der Waals surface area (Å²) in [4.78, 5) is 0. The van der Waals surface area contributed by atoms with Gasteiger partial charge in [-0.1, -0.05) is 19.9 Å². The van der Waals surface area contributed by atoms with Gasteiger partial charge in [-0.05, 0) is 37.9 Å². The largest absolute Gasteiger partial charge is 0.378 e. The van der Waals surface area contributed by atoms with Crippen LogP contribution in [0, 0.1) is 24.5 Å². The smallest absolute Gasteiger partial charge is 0.133 e. The molecule has 0 saturated carbocycles. The first-order chi connectivity index (χ1) is 9.60. The van der Waals surface area contributed by atoms with Crippen LogP contribution in [0.2, 0.25) is 0 Å². The van der Waals surface area contributed by atoms with Crippen LogP contribution in [0.3, 0.4) is 0 Å². The highest BCUT2D eigenvalue weighted by atomic mass is 19.1. The van der Waals surface area contributed by atoms with Crippen LogP contribution < -0.4 is 5.32 Å². The van der Waals surface area contributed by atoms with Gasteiger partial charge in [0, 0.05) is 24.1 Å². The zero-order valence-corrected chi connectivity index (χ0v) is 12.4. The first-order valence-corrected chi connectivity index (χ1v) is 7.39. The molecule has 1 aromatic rings. The summed E-state index contributed by atoms with van der Waals surface area (Å²) < 4.78 is 34.3. The lowest BCUT2D eigenvalue weighted by Gasteiger charge is -2.29. The van der Waals surface area contributed by atoms with Crippen molar-refractivity contribution in [2.75, 3.05) is 13.2 Å². The molecule has 0 bridgehead atoms. The highest BCUT2D eigenvalue weighted by Gasteiger charge is 2.36. The summed E-state index contributed by atoms with van der Waals surface area (Å²) in [5.41, 5.74) is 0.650. The van der Waals surface area contributed by atoms with Crippen LogP contribution >= 0.6 is 0 Å². The number of hydrogen-bond acceptors (Lipinski definition) is 2. The Labute approximate surface area is 119 Å². The molecule has 1 aliphatic rings. The number of nitrogens with one attached hydrogen (secondary N) is 1. The standard InChI is InChI=1S/C16H23F2NO/c1-4-13-11(8-9-20-13)16(19-5-2)14-12(17)7-6-10(3)15(14)18/h6-7,11,13,16,19H,4-5,8-9H2,1-3H3. The molecule has 1 aromatic carbocycles. The van der Waals surface area contributed by atoms with E-state index in [-0.39, 0.29) is 23.6 Å². The molecule has 1 N–H and O–H groups in total. The van der Waals surface area contributed by atoms with Gasteiger partial charge >= 0.3 is 0 Å². The average molecular weight is 283 g/mol. The number of halogens is 2. The van der Waals surface area contributed by atoms with E-state index in [1.165, 1.54) is 12.1 Å². The normalized spacial score (nSPS) is 24.1. The van der Waals surface area contributed by atoms with E-state index in [0.717, 1.165) is 12.8 Å². The van der Waals surface area contributed by atoms with Crippen LogP contribution in [-0.4, -0.2) is 19.3 Å². The minimum absolute atomic E-state index is 0.0679. The molecule has 3 unspecified atom stereocenters. The van der Waals surface area contributed by atoms with Crippen LogP contribution in [0.25, 0.3) is 0 Å². The number of rotatable bonds is 5. The second-order valence-corrected chi connectivity index (χ2v) is 5.40. The summed E-state index contributed by atoms with van der Waals surface area (Å²) >= 11 is 0. The Bertz CT molecular complexity index is 464. The van der Waals surface area contributed by atoms with Crippen molar-refractivity contribution in [2.45, 2.75) is 45.8 Å². The van der Waals surface area contributed by atoms with Crippen molar-refractivity contribution in [1.82, 2.24) is 5.32 Å². The van der Waals surface area contributed by atoms with Gasteiger partial charge in [0.1, 0.15) is 11.6 Å². The summed E-state index contributed by atoms with van der Waals surface area (Å²) in [5, 5.41) is 3.25. The van der Waals surface area contributed by atoms with Crippen LogP contribution in [0.1, 0.15) is 43.9 Å². The fraction of sp³-hybridized carbons (Fsp3) is 0.625. The number of ether oxygens (including phenoxy) is 1. The topological polar surface area (TPSA) is 21.3 Å². The van der Waals surface area contributed by atoms with E-state index in [0.29, 0.717) is 18.7 Å². The van der Waals surface area contributed by atoms with Crippen LogP contribution in [0.15, 0.2) is 12.1 Å². The monoisotopic (exact) mass is 283 g/mol. The van der Waals surface area contributed by atoms with Gasteiger partial charge in [0.2, 0.25) is 0 Å². The molecule has 0 spiro atoms. The molecule has 0 aliphatic carbocycles. The fourth-order valence-corrected chi connectivity index (χ4v) is 3.12. The van der Waals surface area contributed by atoms with Crippen molar-refractivity contribution in [3.05, 3.63) is 34.9 Å². The van der Waals surface area contributed by atoms with E-state index >= 15 is 0 Å². The molecular weight excluding hydrogens is 260 g/mol. The zero-order chi connectivity index (χ0) is 14.7. The van der Waals surface area contributed by atoms with Crippen molar-refractivity contribution in [3.8, 4) is 0 Å². The first kappa shape index (κ1) is 15.4. The Morgan fingerprint density at radius 1 is 1.35 bits per heavy atom. The Morgan fingerprint density at radius 3 is 2.75 bits per heavy atom. The molecule has 3 atom stereocenters. The van der Waals surface area contributed by atoms with Gasteiger partial charge in [-0.2, -0.15) is 0 Å². The van der Waals surface area contributed by atoms with E-state index in [1.54, 1.807) is 6.92 Å². The molecular formula is C16H23F2NO. The van der Waals surface area contributed by atoms with Gasteiger partial charge in [-0.25, -0.2) is 8.78 Å². The summed E-state index contributed by atoms with van der Waals surface area (Å²) in [7, 11) is 0. The minimum atomic E-state index is -0.471. The molecule has 1 heterocycles. The first-order valence-electron chi connectivity index (χ1n) is 7.39. The van der Waals surface area contributed by atoms with Crippen molar-refractivity contribution in [2.24, 2.45) is 5.92 Å². The lowest BCUT2D eigenvalue weighted by atomic mass is 9.85. The number of hydrogen-bond donors (Lipinski definition) is 1. The van der Waals surface area contributed by atoms with Crippen LogP contribution in [0.5, 0.6) is 0 Å². The molecule has 0 aromatic heterocycles. The van der Waals surface area contributed by atoms with Crippen LogP contribution in [0.4, 0.5) is 8.78 Å². The minimum Gasteiger partial charge on any atom is -0.378 e. The highest BCUT2D eigenvalue weighted by Crippen LogP contribution is 2.37. The predicted octanol–water partition coefficient (Wildman–Crippen LogP) is 3.74. The van der Waals surface area contributed by atoms with E-state index in [4.69, 9.17) is 4.74 Å². The second kappa shape index (κ2) is 6.64. The summed E-state index contributed by atoms with van der Waals surface area (Å²) in [6, 6.07) is 2.52. The van der Waals surface area contributed by atoms with Gasteiger partial charge in [0.15, 0.2) is 0 Å². The number of aryl methyl sites for hydroxylation is 1. The molecule has 1 aliphatic heterocycles. The van der Waals surface area contributed by atoms with Crippen molar-refractivity contribution in [3.63, 3.8) is 0 Å². The van der Waals surface area contributed by atoms with E-state index in [2.05, 4.69) is 12.2 Å². The van der Waals surface area contributed by atoms with Gasteiger partial charge in [-0.3, -0.25) is 0 Å². The quantitative estimate of drug-likeness (QED) is 0.889. The predicted molar refractivity (Wildman–Crippen MR) is 75.7 cm³/mol. The molecule has 1 saturated heterocycles. The molecule has 4 heteroatoms. The van der Waals surface area contributed by atoms with Crippen molar-refractivity contribution >= 4 is 0 Å². The third-order valence-corrected chi connectivity index (χ3v) is 4.15. The zero-order valence-electron chi connectivity index (χ0n) is 12.4. The molecule has 2 rings (SSSR count). The lowest BCUT2D eigenvalue weighted by molar-refractivity contribution is 0.0767. The van der Waals surface area contributed by atoms with Gasteiger partial charge in [-0.15, -0.1) is 0 Å². The summed E-state index contributed by atoms with van der Waals surface area (Å²) in [5.74, 6) is -0.788. The van der Waals surface area contributed by atoms with E-state index in [9.17, 15) is 8.78 Å². The maximum absolute atomic E-state index is 14.4. The fourth-order valence-electron chi connectivity index (χ4n) is 3.12. The molecule has 112 valence electrons. The maximum atomic E-state index is 14.4. The SMILES string of the molecule is CCNC(c1c(F)ccc(C)c1F)C1CCOC1CC. The Kier molecular flexibility index (Phi) is 5.11. The summed E-state index contributed by atoms with van der Waals surface area (Å²) in [6.07, 6.45) is 1.77. The molecule has 20 heavy (non-hydrogen) atoms. The van der Waals surface area contributed by atoms with Gasteiger partial charge in [0.25, 0.3) is 0 Å². The van der Waals surface area contributed by atoms with E-state index < -0.39 is 11.6 Å². The number of benzene rings is 1.